The van der Waals surface area contributed by atoms with Crippen molar-refractivity contribution >= 4 is 17.5 Å². The van der Waals surface area contributed by atoms with E-state index in [0.717, 1.165) is 37.4 Å². The molecular weight excluding hydrogens is 270 g/mol. The minimum Gasteiger partial charge on any atom is -0.493 e. The van der Waals surface area contributed by atoms with Crippen molar-refractivity contribution in [2.45, 2.75) is 25.8 Å². The van der Waals surface area contributed by atoms with E-state index in [2.05, 4.69) is 21.9 Å². The number of hydrogen-bond donors (Lipinski definition) is 2. The summed E-state index contributed by atoms with van der Waals surface area (Å²) < 4.78 is 10.3. The maximum Gasteiger partial charge on any atom is 0.407 e. The number of alkyl carbamates (subject to hydrolysis) is 1. The number of carbonyl (C=O) groups is 1. The molecule has 3 N–H and O–H groups in total. The largest absolute Gasteiger partial charge is 0.493 e. The fraction of sp³-hybridized carbons (Fsp3) is 0.533. The zero-order valence-electron chi connectivity index (χ0n) is 12.6. The summed E-state index contributed by atoms with van der Waals surface area (Å²) in [5.74, 6) is 0.788. The van der Waals surface area contributed by atoms with Crippen LogP contribution in [0.2, 0.25) is 0 Å². The number of rotatable bonds is 5. The Bertz CT molecular complexity index is 493. The van der Waals surface area contributed by atoms with E-state index in [4.69, 9.17) is 10.5 Å². The van der Waals surface area contributed by atoms with Gasteiger partial charge in [0.05, 0.1) is 19.8 Å². The Kier molecular flexibility index (Phi) is 5.14. The first-order chi connectivity index (χ1) is 10.1. The van der Waals surface area contributed by atoms with Crippen molar-refractivity contribution in [3.63, 3.8) is 0 Å². The molecular formula is C15H23N3O3. The second-order valence-electron chi connectivity index (χ2n) is 5.18. The van der Waals surface area contributed by atoms with Crippen LogP contribution in [0, 0.1) is 0 Å². The van der Waals surface area contributed by atoms with Gasteiger partial charge in [-0.05, 0) is 18.9 Å². The number of nitrogens with two attached hydrogens (primary N) is 1. The van der Waals surface area contributed by atoms with Gasteiger partial charge in [-0.15, -0.1) is 0 Å². The third-order valence-electron chi connectivity index (χ3n) is 3.45. The minimum absolute atomic E-state index is 0.0962. The van der Waals surface area contributed by atoms with Crippen LogP contribution in [-0.4, -0.2) is 38.9 Å². The molecule has 116 valence electrons. The number of nitrogens with one attached hydrogen (secondary N) is 1. The highest BCUT2D eigenvalue weighted by Gasteiger charge is 2.24. The summed E-state index contributed by atoms with van der Waals surface area (Å²) in [7, 11) is 1.37. The van der Waals surface area contributed by atoms with Crippen LogP contribution in [0.5, 0.6) is 5.75 Å². The standard InChI is InChI=1S/C15H23N3O3/c1-3-6-21-14-8-11(16)7-13(9-14)18-5-4-12(10-18)17-15(19)20-2/h7-9,12H,3-6,10,16H2,1-2H3,(H,17,19). The first-order valence-corrected chi connectivity index (χ1v) is 7.25. The Morgan fingerprint density at radius 1 is 1.48 bits per heavy atom. The van der Waals surface area contributed by atoms with Gasteiger partial charge < -0.3 is 25.4 Å². The number of carbonyl (C=O) groups excluding carboxylic acids is 1. The predicted octanol–water partition coefficient (Wildman–Crippen LogP) is 1.99. The first-order valence-electron chi connectivity index (χ1n) is 7.25. The number of hydrogen-bond acceptors (Lipinski definition) is 5. The minimum atomic E-state index is -0.388. The Balaban J connectivity index is 2.01. The van der Waals surface area contributed by atoms with E-state index in [9.17, 15) is 4.79 Å². The molecule has 1 fully saturated rings. The van der Waals surface area contributed by atoms with Gasteiger partial charge >= 0.3 is 6.09 Å². The van der Waals surface area contributed by atoms with Gasteiger partial charge in [-0.25, -0.2) is 4.79 Å². The van der Waals surface area contributed by atoms with Gasteiger partial charge in [0.25, 0.3) is 0 Å². The number of ether oxygens (including phenoxy) is 2. The van der Waals surface area contributed by atoms with E-state index in [0.29, 0.717) is 12.3 Å². The summed E-state index contributed by atoms with van der Waals surface area (Å²) in [6.45, 7) is 4.35. The number of nitrogen functional groups attached to an aromatic ring is 1. The number of amides is 1. The smallest absolute Gasteiger partial charge is 0.407 e. The molecule has 0 spiro atoms. The Morgan fingerprint density at radius 3 is 3.00 bits per heavy atom. The van der Waals surface area contributed by atoms with E-state index in [1.807, 2.05) is 18.2 Å². The second kappa shape index (κ2) is 7.06. The average molecular weight is 293 g/mol. The average Bonchev–Trinajstić information content (AvgIpc) is 2.93. The van der Waals surface area contributed by atoms with Crippen molar-refractivity contribution in [2.75, 3.05) is 37.4 Å². The molecule has 2 rings (SSSR count). The fourth-order valence-corrected chi connectivity index (χ4v) is 2.43. The number of benzene rings is 1. The second-order valence-corrected chi connectivity index (χ2v) is 5.18. The van der Waals surface area contributed by atoms with Crippen molar-refractivity contribution in [1.82, 2.24) is 5.32 Å². The van der Waals surface area contributed by atoms with Gasteiger partial charge in [0, 0.05) is 36.6 Å². The highest BCUT2D eigenvalue weighted by atomic mass is 16.5. The third kappa shape index (κ3) is 4.18. The summed E-state index contributed by atoms with van der Waals surface area (Å²) >= 11 is 0. The quantitative estimate of drug-likeness (QED) is 0.812. The molecule has 1 aliphatic heterocycles. The molecule has 21 heavy (non-hydrogen) atoms. The number of methoxy groups -OCH3 is 1. The van der Waals surface area contributed by atoms with Crippen molar-refractivity contribution < 1.29 is 14.3 Å². The lowest BCUT2D eigenvalue weighted by Gasteiger charge is -2.20. The molecule has 0 aromatic heterocycles. The van der Waals surface area contributed by atoms with Crippen LogP contribution in [0.4, 0.5) is 16.2 Å². The Labute approximate surface area is 125 Å². The molecule has 1 unspecified atom stereocenters. The highest BCUT2D eigenvalue weighted by molar-refractivity contribution is 5.68. The molecule has 0 saturated carbocycles. The summed E-state index contributed by atoms with van der Waals surface area (Å²) in [6.07, 6.45) is 1.45. The molecule has 6 heteroatoms. The Hall–Kier alpha value is -2.11. The monoisotopic (exact) mass is 293 g/mol. The number of anilines is 2. The summed E-state index contributed by atoms with van der Waals surface area (Å²) in [5, 5.41) is 2.83. The molecule has 1 amide bonds. The van der Waals surface area contributed by atoms with Crippen molar-refractivity contribution in [2.24, 2.45) is 0 Å². The van der Waals surface area contributed by atoms with Gasteiger partial charge in [0.1, 0.15) is 5.75 Å². The molecule has 0 radical (unpaired) electrons. The topological polar surface area (TPSA) is 76.8 Å². The van der Waals surface area contributed by atoms with Crippen LogP contribution in [-0.2, 0) is 4.74 Å². The van der Waals surface area contributed by atoms with Crippen LogP contribution in [0.1, 0.15) is 19.8 Å². The van der Waals surface area contributed by atoms with Gasteiger partial charge in [-0.3, -0.25) is 0 Å². The molecule has 1 atom stereocenters. The maximum atomic E-state index is 11.2. The molecule has 1 aromatic carbocycles. The van der Waals surface area contributed by atoms with Crippen molar-refractivity contribution in [3.8, 4) is 5.75 Å². The normalized spacial score (nSPS) is 17.6. The molecule has 6 nitrogen and oxygen atoms in total. The highest BCUT2D eigenvalue weighted by Crippen LogP contribution is 2.28. The predicted molar refractivity (Wildman–Crippen MR) is 82.8 cm³/mol. The molecule has 1 saturated heterocycles. The van der Waals surface area contributed by atoms with Crippen LogP contribution >= 0.6 is 0 Å². The van der Waals surface area contributed by atoms with Gasteiger partial charge in [-0.1, -0.05) is 6.92 Å². The summed E-state index contributed by atoms with van der Waals surface area (Å²) in [5.41, 5.74) is 7.65. The molecule has 0 bridgehead atoms. The molecule has 1 aliphatic rings. The van der Waals surface area contributed by atoms with E-state index in [1.54, 1.807) is 0 Å². The van der Waals surface area contributed by atoms with E-state index >= 15 is 0 Å². The molecule has 0 aliphatic carbocycles. The Morgan fingerprint density at radius 2 is 2.29 bits per heavy atom. The zero-order chi connectivity index (χ0) is 15.2. The van der Waals surface area contributed by atoms with Crippen LogP contribution < -0.4 is 20.7 Å². The summed E-state index contributed by atoms with van der Waals surface area (Å²) in [6, 6.07) is 5.85. The van der Waals surface area contributed by atoms with Gasteiger partial charge in [0.2, 0.25) is 0 Å². The van der Waals surface area contributed by atoms with Crippen LogP contribution in [0.3, 0.4) is 0 Å². The SMILES string of the molecule is CCCOc1cc(N)cc(N2CCC(NC(=O)OC)C2)c1. The molecule has 1 aromatic rings. The van der Waals surface area contributed by atoms with Crippen molar-refractivity contribution in [1.29, 1.82) is 0 Å². The van der Waals surface area contributed by atoms with Crippen LogP contribution in [0.15, 0.2) is 18.2 Å². The zero-order valence-corrected chi connectivity index (χ0v) is 12.6. The number of nitrogens with zero attached hydrogens (tertiary/aromatic N) is 1. The maximum absolute atomic E-state index is 11.2. The van der Waals surface area contributed by atoms with Gasteiger partial charge in [0.15, 0.2) is 0 Å². The van der Waals surface area contributed by atoms with Crippen molar-refractivity contribution in [3.05, 3.63) is 18.2 Å². The lowest BCUT2D eigenvalue weighted by atomic mass is 10.2. The lowest BCUT2D eigenvalue weighted by Crippen LogP contribution is -2.36. The third-order valence-corrected chi connectivity index (χ3v) is 3.45. The van der Waals surface area contributed by atoms with Gasteiger partial charge in [-0.2, -0.15) is 0 Å². The van der Waals surface area contributed by atoms with E-state index < -0.39 is 0 Å². The van der Waals surface area contributed by atoms with Crippen LogP contribution in [0.25, 0.3) is 0 Å². The lowest BCUT2D eigenvalue weighted by molar-refractivity contribution is 0.167. The summed E-state index contributed by atoms with van der Waals surface area (Å²) in [4.78, 5) is 13.4. The van der Waals surface area contributed by atoms with E-state index in [1.165, 1.54) is 7.11 Å². The fourth-order valence-electron chi connectivity index (χ4n) is 2.43. The first kappa shape index (κ1) is 15.3. The van der Waals surface area contributed by atoms with E-state index in [-0.39, 0.29) is 12.1 Å². The molecule has 1 heterocycles.